The van der Waals surface area contributed by atoms with Crippen LogP contribution in [0, 0.1) is 0 Å². The van der Waals surface area contributed by atoms with E-state index in [0.717, 1.165) is 44.2 Å². The Morgan fingerprint density at radius 3 is 2.32 bits per heavy atom. The molecule has 2 rings (SSSR count). The normalized spacial score (nSPS) is 16.4. The molecule has 1 heterocycles. The van der Waals surface area contributed by atoms with Gasteiger partial charge >= 0.3 is 0 Å². The van der Waals surface area contributed by atoms with Gasteiger partial charge in [-0.05, 0) is 44.3 Å². The Labute approximate surface area is 168 Å². The molecule has 1 aromatic rings. The first-order valence-corrected chi connectivity index (χ1v) is 9.75. The molecule has 1 aromatic carbocycles. The van der Waals surface area contributed by atoms with Crippen molar-refractivity contribution in [1.82, 2.24) is 20.4 Å². The first-order valence-electron chi connectivity index (χ1n) is 9.75. The van der Waals surface area contributed by atoms with Gasteiger partial charge in [0.05, 0.1) is 21.3 Å². The van der Waals surface area contributed by atoms with Gasteiger partial charge in [-0.25, -0.2) is 0 Å². The third-order valence-electron chi connectivity index (χ3n) is 4.94. The van der Waals surface area contributed by atoms with Crippen molar-refractivity contribution in [3.63, 3.8) is 0 Å². The molecule has 0 spiro atoms. The summed E-state index contributed by atoms with van der Waals surface area (Å²) in [6.45, 7) is 7.07. The highest BCUT2D eigenvalue weighted by Crippen LogP contribution is 2.38. The average molecular weight is 394 g/mol. The monoisotopic (exact) mass is 393 g/mol. The lowest BCUT2D eigenvalue weighted by Crippen LogP contribution is -2.42. The van der Waals surface area contributed by atoms with Gasteiger partial charge in [-0.15, -0.1) is 0 Å². The Morgan fingerprint density at radius 1 is 1.00 bits per heavy atom. The lowest BCUT2D eigenvalue weighted by Gasteiger charge is -2.21. The third-order valence-corrected chi connectivity index (χ3v) is 4.94. The zero-order valence-corrected chi connectivity index (χ0v) is 17.9. The highest BCUT2D eigenvalue weighted by atomic mass is 16.5. The Morgan fingerprint density at radius 2 is 1.71 bits per heavy atom. The number of rotatable bonds is 8. The van der Waals surface area contributed by atoms with Crippen molar-refractivity contribution in [1.29, 1.82) is 0 Å². The van der Waals surface area contributed by atoms with Gasteiger partial charge in [0.1, 0.15) is 0 Å². The Balaban J connectivity index is 1.85. The van der Waals surface area contributed by atoms with Gasteiger partial charge in [-0.3, -0.25) is 4.99 Å². The van der Waals surface area contributed by atoms with Crippen molar-refractivity contribution in [2.24, 2.45) is 4.99 Å². The highest BCUT2D eigenvalue weighted by Gasteiger charge is 2.14. The fourth-order valence-corrected chi connectivity index (χ4v) is 3.30. The third kappa shape index (κ3) is 6.45. The predicted molar refractivity (Wildman–Crippen MR) is 113 cm³/mol. The molecule has 0 radical (unpaired) electrons. The molecule has 0 bridgehead atoms. The van der Waals surface area contributed by atoms with Crippen LogP contribution in [0.3, 0.4) is 0 Å². The molecule has 158 valence electrons. The molecular formula is C20H35N5O3. The van der Waals surface area contributed by atoms with E-state index in [1.807, 2.05) is 12.1 Å². The van der Waals surface area contributed by atoms with Crippen LogP contribution in [-0.4, -0.2) is 90.5 Å². The second-order valence-corrected chi connectivity index (χ2v) is 6.88. The fourth-order valence-electron chi connectivity index (χ4n) is 3.30. The van der Waals surface area contributed by atoms with Gasteiger partial charge in [0.2, 0.25) is 5.75 Å². The summed E-state index contributed by atoms with van der Waals surface area (Å²) in [5, 5.41) is 6.74. The van der Waals surface area contributed by atoms with Gasteiger partial charge in [-0.1, -0.05) is 0 Å². The first kappa shape index (κ1) is 22.1. The number of likely N-dealkylation sites (N-methyl/N-ethyl adjacent to an activating group) is 1. The summed E-state index contributed by atoms with van der Waals surface area (Å²) in [5.74, 6) is 2.67. The molecule has 1 fully saturated rings. The number of methoxy groups -OCH3 is 3. The summed E-state index contributed by atoms with van der Waals surface area (Å²) in [6.07, 6.45) is 1.23. The van der Waals surface area contributed by atoms with Gasteiger partial charge in [-0.2, -0.15) is 0 Å². The van der Waals surface area contributed by atoms with Crippen molar-refractivity contribution in [3.05, 3.63) is 17.7 Å². The number of benzene rings is 1. The van der Waals surface area contributed by atoms with E-state index in [2.05, 4.69) is 32.5 Å². The molecule has 1 aliphatic heterocycles. The lowest BCUT2D eigenvalue weighted by atomic mass is 10.2. The topological polar surface area (TPSA) is 70.6 Å². The molecule has 1 aliphatic rings. The quantitative estimate of drug-likeness (QED) is 0.505. The van der Waals surface area contributed by atoms with Crippen LogP contribution in [0.1, 0.15) is 12.0 Å². The maximum atomic E-state index is 5.41. The molecule has 2 N–H and O–H groups in total. The summed E-state index contributed by atoms with van der Waals surface area (Å²) in [7, 11) is 8.82. The van der Waals surface area contributed by atoms with E-state index in [0.29, 0.717) is 23.8 Å². The molecule has 0 aromatic heterocycles. The van der Waals surface area contributed by atoms with Crippen LogP contribution in [-0.2, 0) is 6.54 Å². The number of hydrogen-bond donors (Lipinski definition) is 2. The first-order chi connectivity index (χ1) is 13.6. The summed E-state index contributed by atoms with van der Waals surface area (Å²) in [4.78, 5) is 9.21. The number of guanidine groups is 1. The van der Waals surface area contributed by atoms with Crippen molar-refractivity contribution in [2.75, 3.05) is 74.7 Å². The zero-order chi connectivity index (χ0) is 20.4. The molecule has 8 heteroatoms. The number of hydrogen-bond acceptors (Lipinski definition) is 6. The van der Waals surface area contributed by atoms with Gasteiger partial charge in [0.25, 0.3) is 0 Å². The molecule has 28 heavy (non-hydrogen) atoms. The van der Waals surface area contributed by atoms with E-state index in [1.165, 1.54) is 13.0 Å². The van der Waals surface area contributed by atoms with Gasteiger partial charge in [0, 0.05) is 39.8 Å². The molecule has 0 aliphatic carbocycles. The summed E-state index contributed by atoms with van der Waals surface area (Å²) < 4.78 is 16.2. The summed E-state index contributed by atoms with van der Waals surface area (Å²) in [6, 6.07) is 3.88. The molecule has 0 saturated carbocycles. The van der Waals surface area contributed by atoms with E-state index in [4.69, 9.17) is 14.2 Å². The molecular weight excluding hydrogens is 358 g/mol. The zero-order valence-electron chi connectivity index (χ0n) is 17.9. The van der Waals surface area contributed by atoms with Crippen molar-refractivity contribution < 1.29 is 14.2 Å². The number of nitrogens with zero attached hydrogens (tertiary/aromatic N) is 3. The second-order valence-electron chi connectivity index (χ2n) is 6.88. The van der Waals surface area contributed by atoms with E-state index in [9.17, 15) is 0 Å². The lowest BCUT2D eigenvalue weighted by molar-refractivity contribution is 0.280. The Hall–Kier alpha value is -2.19. The number of nitrogens with one attached hydrogen (secondary N) is 2. The van der Waals surface area contributed by atoms with Gasteiger partial charge < -0.3 is 34.6 Å². The minimum Gasteiger partial charge on any atom is -0.493 e. The number of aliphatic imine (C=N–C) groups is 1. The Kier molecular flexibility index (Phi) is 9.16. The van der Waals surface area contributed by atoms with Crippen LogP contribution in [0.4, 0.5) is 0 Å². The van der Waals surface area contributed by atoms with E-state index >= 15 is 0 Å². The Bertz CT molecular complexity index is 613. The smallest absolute Gasteiger partial charge is 0.203 e. The number of ether oxygens (including phenoxy) is 3. The molecule has 8 nitrogen and oxygen atoms in total. The second kappa shape index (κ2) is 11.6. The molecule has 0 unspecified atom stereocenters. The minimum atomic E-state index is 0.597. The van der Waals surface area contributed by atoms with E-state index in [-0.39, 0.29) is 0 Å². The van der Waals surface area contributed by atoms with Crippen LogP contribution in [0.2, 0.25) is 0 Å². The standard InChI is InChI=1S/C20H35N5O3/c1-21-20(22-7-10-25-9-6-8-24(2)11-12-25)23-15-16-13-17(26-3)19(28-5)18(14-16)27-4/h13-14H,6-12,15H2,1-5H3,(H2,21,22,23). The van der Waals surface area contributed by atoms with Crippen molar-refractivity contribution in [2.45, 2.75) is 13.0 Å². The average Bonchev–Trinajstić information content (AvgIpc) is 2.93. The van der Waals surface area contributed by atoms with Gasteiger partial charge in [0.15, 0.2) is 17.5 Å². The predicted octanol–water partition coefficient (Wildman–Crippen LogP) is 1.01. The maximum Gasteiger partial charge on any atom is 0.203 e. The molecule has 0 amide bonds. The summed E-state index contributed by atoms with van der Waals surface area (Å²) >= 11 is 0. The van der Waals surface area contributed by atoms with E-state index < -0.39 is 0 Å². The van der Waals surface area contributed by atoms with Crippen LogP contribution in [0.5, 0.6) is 17.2 Å². The maximum absolute atomic E-state index is 5.41. The van der Waals surface area contributed by atoms with Crippen LogP contribution < -0.4 is 24.8 Å². The summed E-state index contributed by atoms with van der Waals surface area (Å²) in [5.41, 5.74) is 1.02. The van der Waals surface area contributed by atoms with Crippen LogP contribution in [0.15, 0.2) is 17.1 Å². The van der Waals surface area contributed by atoms with Crippen molar-refractivity contribution in [3.8, 4) is 17.2 Å². The highest BCUT2D eigenvalue weighted by molar-refractivity contribution is 5.79. The SMILES string of the molecule is CN=C(NCCN1CCCN(C)CC1)NCc1cc(OC)c(OC)c(OC)c1. The molecule has 0 atom stereocenters. The van der Waals surface area contributed by atoms with Crippen LogP contribution in [0.25, 0.3) is 0 Å². The van der Waals surface area contributed by atoms with Crippen LogP contribution >= 0.6 is 0 Å². The largest absolute Gasteiger partial charge is 0.493 e. The van der Waals surface area contributed by atoms with E-state index in [1.54, 1.807) is 28.4 Å². The minimum absolute atomic E-state index is 0.597. The molecule has 1 saturated heterocycles. The fraction of sp³-hybridized carbons (Fsp3) is 0.650. The van der Waals surface area contributed by atoms with Crippen molar-refractivity contribution >= 4 is 5.96 Å².